The Kier molecular flexibility index (Phi) is 4.63. The first-order valence-electron chi connectivity index (χ1n) is 9.03. The highest BCUT2D eigenvalue weighted by molar-refractivity contribution is 5.99. The van der Waals surface area contributed by atoms with Crippen LogP contribution in [-0.4, -0.2) is 42.0 Å². The molecule has 134 valence electrons. The fraction of sp³-hybridized carbons (Fsp3) is 0.182. The third-order valence-corrected chi connectivity index (χ3v) is 4.95. The van der Waals surface area contributed by atoms with Crippen LogP contribution in [0.4, 0.5) is 5.69 Å². The highest BCUT2D eigenvalue weighted by atomic mass is 16.2. The van der Waals surface area contributed by atoms with E-state index in [1.165, 1.54) is 0 Å². The van der Waals surface area contributed by atoms with E-state index >= 15 is 0 Å². The van der Waals surface area contributed by atoms with Crippen LogP contribution in [0.2, 0.25) is 0 Å². The zero-order valence-electron chi connectivity index (χ0n) is 14.9. The highest BCUT2D eigenvalue weighted by Crippen LogP contribution is 2.25. The van der Waals surface area contributed by atoms with Crippen LogP contribution in [0.3, 0.4) is 0 Å². The van der Waals surface area contributed by atoms with E-state index in [-0.39, 0.29) is 5.91 Å². The maximum atomic E-state index is 13.0. The fourth-order valence-corrected chi connectivity index (χ4v) is 3.50. The number of anilines is 1. The van der Waals surface area contributed by atoms with Gasteiger partial charge in [0.2, 0.25) is 0 Å². The van der Waals surface area contributed by atoms with Crippen molar-refractivity contribution in [2.75, 3.05) is 31.1 Å². The number of nitrogens with zero attached hydrogens (tertiary/aromatic N) is 3. The summed E-state index contributed by atoms with van der Waals surface area (Å²) in [5.74, 6) is 0.0317. The third kappa shape index (κ3) is 3.42. The molecule has 1 fully saturated rings. The molecule has 5 heteroatoms. The molecule has 4 rings (SSSR count). The molecule has 0 aliphatic carbocycles. The summed E-state index contributed by atoms with van der Waals surface area (Å²) in [4.78, 5) is 20.3. The van der Waals surface area contributed by atoms with Crippen molar-refractivity contribution >= 4 is 11.6 Å². The third-order valence-electron chi connectivity index (χ3n) is 4.95. The number of hydrogen-bond acceptors (Lipinski definition) is 3. The van der Waals surface area contributed by atoms with Gasteiger partial charge in [0.15, 0.2) is 0 Å². The van der Waals surface area contributed by atoms with Gasteiger partial charge in [-0.1, -0.05) is 36.4 Å². The van der Waals surface area contributed by atoms with Crippen molar-refractivity contribution in [3.05, 3.63) is 78.1 Å². The van der Waals surface area contributed by atoms with Crippen LogP contribution in [0.25, 0.3) is 11.1 Å². The lowest BCUT2D eigenvalue weighted by molar-refractivity contribution is 0.0742. The molecular weight excluding hydrogens is 336 g/mol. The van der Waals surface area contributed by atoms with Gasteiger partial charge in [0.1, 0.15) is 5.69 Å². The maximum Gasteiger partial charge on any atom is 0.271 e. The molecule has 1 aliphatic rings. The number of hydrogen-bond donors (Lipinski definition) is 1. The van der Waals surface area contributed by atoms with E-state index in [1.54, 1.807) is 6.07 Å². The second kappa shape index (κ2) is 7.38. The van der Waals surface area contributed by atoms with Gasteiger partial charge in [-0.3, -0.25) is 4.79 Å². The lowest BCUT2D eigenvalue weighted by atomic mass is 10.1. The van der Waals surface area contributed by atoms with Crippen molar-refractivity contribution in [1.29, 1.82) is 5.26 Å². The maximum absolute atomic E-state index is 13.0. The number of aromatic amines is 1. The van der Waals surface area contributed by atoms with Crippen molar-refractivity contribution in [1.82, 2.24) is 9.88 Å². The Balaban J connectivity index is 1.47. The smallest absolute Gasteiger partial charge is 0.271 e. The first kappa shape index (κ1) is 16.9. The Morgan fingerprint density at radius 2 is 1.74 bits per heavy atom. The van der Waals surface area contributed by atoms with Gasteiger partial charge < -0.3 is 14.8 Å². The summed E-state index contributed by atoms with van der Waals surface area (Å²) in [6.45, 7) is 2.82. The fourth-order valence-electron chi connectivity index (χ4n) is 3.50. The van der Waals surface area contributed by atoms with E-state index in [9.17, 15) is 4.79 Å². The molecule has 2 aromatic carbocycles. The molecule has 3 aromatic rings. The van der Waals surface area contributed by atoms with Crippen molar-refractivity contribution in [2.45, 2.75) is 0 Å². The Bertz CT molecular complexity index is 979. The van der Waals surface area contributed by atoms with Crippen molar-refractivity contribution < 1.29 is 4.79 Å². The minimum Gasteiger partial charge on any atom is -0.368 e. The zero-order chi connectivity index (χ0) is 18.6. The van der Waals surface area contributed by atoms with E-state index in [1.807, 2.05) is 65.7 Å². The summed E-state index contributed by atoms with van der Waals surface area (Å²) in [7, 11) is 0. The summed E-state index contributed by atoms with van der Waals surface area (Å²) in [5, 5.41) is 9.08. The summed E-state index contributed by atoms with van der Waals surface area (Å²) >= 11 is 0. The molecule has 0 unspecified atom stereocenters. The molecule has 0 bridgehead atoms. The average Bonchev–Trinajstić information content (AvgIpc) is 3.24. The molecule has 0 radical (unpaired) electrons. The zero-order valence-corrected chi connectivity index (χ0v) is 14.9. The van der Waals surface area contributed by atoms with Crippen molar-refractivity contribution in [2.24, 2.45) is 0 Å². The van der Waals surface area contributed by atoms with Crippen LogP contribution in [-0.2, 0) is 0 Å². The number of amides is 1. The number of carbonyl (C=O) groups is 1. The summed E-state index contributed by atoms with van der Waals surface area (Å²) in [6.07, 6.45) is 1.82. The van der Waals surface area contributed by atoms with E-state index in [0.717, 1.165) is 29.9 Å². The number of aromatic nitrogens is 1. The van der Waals surface area contributed by atoms with Crippen LogP contribution in [0.1, 0.15) is 16.1 Å². The molecular formula is C22H20N4O. The molecule has 0 atom stereocenters. The van der Waals surface area contributed by atoms with Gasteiger partial charge in [-0.15, -0.1) is 0 Å². The first-order chi connectivity index (χ1) is 13.3. The van der Waals surface area contributed by atoms with E-state index in [4.69, 9.17) is 5.26 Å². The number of H-pyrrole nitrogens is 1. The molecule has 1 saturated heterocycles. The van der Waals surface area contributed by atoms with E-state index < -0.39 is 0 Å². The Hall–Kier alpha value is -3.52. The summed E-state index contributed by atoms with van der Waals surface area (Å²) in [5.41, 5.74) is 4.30. The normalized spacial score (nSPS) is 14.0. The van der Waals surface area contributed by atoms with Crippen molar-refractivity contribution in [3.8, 4) is 17.2 Å². The molecule has 1 aliphatic heterocycles. The lowest BCUT2D eigenvalue weighted by Gasteiger charge is -2.36. The van der Waals surface area contributed by atoms with Gasteiger partial charge in [0, 0.05) is 43.6 Å². The molecule has 27 heavy (non-hydrogen) atoms. The molecule has 1 N–H and O–H groups in total. The largest absolute Gasteiger partial charge is 0.368 e. The molecule has 2 heterocycles. The van der Waals surface area contributed by atoms with Gasteiger partial charge in [0.25, 0.3) is 5.91 Å². The second-order valence-corrected chi connectivity index (χ2v) is 6.57. The van der Waals surface area contributed by atoms with Crippen LogP contribution in [0.5, 0.6) is 0 Å². The number of nitriles is 1. The van der Waals surface area contributed by atoms with E-state index in [2.05, 4.69) is 16.0 Å². The predicted molar refractivity (Wildman–Crippen MR) is 106 cm³/mol. The summed E-state index contributed by atoms with van der Waals surface area (Å²) < 4.78 is 0. The Morgan fingerprint density at radius 3 is 2.48 bits per heavy atom. The van der Waals surface area contributed by atoms with Gasteiger partial charge in [0.05, 0.1) is 11.6 Å². The highest BCUT2D eigenvalue weighted by Gasteiger charge is 2.25. The Labute approximate surface area is 158 Å². The monoisotopic (exact) mass is 356 g/mol. The standard InChI is InChI=1S/C22H20N4O/c23-16-17-5-4-8-19(15-17)25-11-13-26(14-12-25)22(27)21-20(9-10-24-21)18-6-2-1-3-7-18/h1-10,15,24H,11-14H2. The quantitative estimate of drug-likeness (QED) is 0.781. The van der Waals surface area contributed by atoms with Gasteiger partial charge >= 0.3 is 0 Å². The molecule has 1 amide bonds. The predicted octanol–water partition coefficient (Wildman–Crippen LogP) is 3.52. The number of carbonyl (C=O) groups excluding carboxylic acids is 1. The second-order valence-electron chi connectivity index (χ2n) is 6.57. The topological polar surface area (TPSA) is 63.1 Å². The molecule has 5 nitrogen and oxygen atoms in total. The number of piperazine rings is 1. The number of nitrogens with one attached hydrogen (secondary N) is 1. The van der Waals surface area contributed by atoms with Gasteiger partial charge in [-0.25, -0.2) is 0 Å². The minimum absolute atomic E-state index is 0.0317. The van der Waals surface area contributed by atoms with Crippen LogP contribution < -0.4 is 4.90 Å². The van der Waals surface area contributed by atoms with Crippen LogP contribution in [0.15, 0.2) is 66.9 Å². The SMILES string of the molecule is N#Cc1cccc(N2CCN(C(=O)c3[nH]ccc3-c3ccccc3)CC2)c1. The lowest BCUT2D eigenvalue weighted by Crippen LogP contribution is -2.49. The average molecular weight is 356 g/mol. The van der Waals surface area contributed by atoms with Crippen LogP contribution >= 0.6 is 0 Å². The minimum atomic E-state index is 0.0317. The molecule has 0 spiro atoms. The number of benzene rings is 2. The van der Waals surface area contributed by atoms with Gasteiger partial charge in [-0.05, 0) is 29.8 Å². The van der Waals surface area contributed by atoms with Gasteiger partial charge in [-0.2, -0.15) is 5.26 Å². The van der Waals surface area contributed by atoms with E-state index in [0.29, 0.717) is 24.3 Å². The van der Waals surface area contributed by atoms with Crippen molar-refractivity contribution in [3.63, 3.8) is 0 Å². The summed E-state index contributed by atoms with van der Waals surface area (Å²) in [6, 6.07) is 21.7. The molecule has 0 saturated carbocycles. The first-order valence-corrected chi connectivity index (χ1v) is 9.03. The van der Waals surface area contributed by atoms with Crippen LogP contribution in [0, 0.1) is 11.3 Å². The Morgan fingerprint density at radius 1 is 0.963 bits per heavy atom. The molecule has 1 aromatic heterocycles. The number of rotatable bonds is 3.